The molecule has 1 unspecified atom stereocenters. The van der Waals surface area contributed by atoms with Crippen molar-refractivity contribution in [3.63, 3.8) is 0 Å². The second-order valence-electron chi connectivity index (χ2n) is 4.78. The lowest BCUT2D eigenvalue weighted by molar-refractivity contribution is 0.0329. The van der Waals surface area contributed by atoms with Gasteiger partial charge < -0.3 is 14.8 Å². The van der Waals surface area contributed by atoms with Gasteiger partial charge in [0.2, 0.25) is 0 Å². The van der Waals surface area contributed by atoms with Crippen LogP contribution in [0.15, 0.2) is 28.9 Å². The Kier molecular flexibility index (Phi) is 4.23. The van der Waals surface area contributed by atoms with Crippen molar-refractivity contribution in [2.75, 3.05) is 6.54 Å². The summed E-state index contributed by atoms with van der Waals surface area (Å²) in [5.74, 6) is -8.66. The largest absolute Gasteiger partial charge is 0.466 e. The van der Waals surface area contributed by atoms with Gasteiger partial charge >= 0.3 is 0 Å². The van der Waals surface area contributed by atoms with Crippen LogP contribution in [0.25, 0.3) is 0 Å². The smallest absolute Gasteiger partial charge is 0.254 e. The Hall–Kier alpha value is -2.35. The fraction of sp³-hybridized carbons (Fsp3) is 0.214. The molecule has 0 saturated heterocycles. The zero-order valence-corrected chi connectivity index (χ0v) is 11.3. The fourth-order valence-electron chi connectivity index (χ4n) is 1.76. The van der Waals surface area contributed by atoms with Crippen molar-refractivity contribution < 1.29 is 31.9 Å². The first-order valence-electron chi connectivity index (χ1n) is 6.11. The van der Waals surface area contributed by atoms with Crippen LogP contribution < -0.4 is 5.32 Å². The highest BCUT2D eigenvalue weighted by molar-refractivity contribution is 5.94. The van der Waals surface area contributed by atoms with Gasteiger partial charge in [-0.1, -0.05) is 0 Å². The number of nitrogens with one attached hydrogen (secondary N) is 1. The standard InChI is InChI=1S/C14H11F4NO3/c1-14(21,9-3-2-4-22-9)6-19-13(20)7-5-8(15)11(17)12(18)10(7)16/h2-5,21H,6H2,1H3,(H,19,20). The summed E-state index contributed by atoms with van der Waals surface area (Å²) in [6, 6.07) is 3.20. The van der Waals surface area contributed by atoms with E-state index in [1.807, 2.05) is 0 Å². The average Bonchev–Trinajstić information content (AvgIpc) is 3.01. The maximum atomic E-state index is 13.5. The molecule has 0 spiro atoms. The summed E-state index contributed by atoms with van der Waals surface area (Å²) in [4.78, 5) is 11.7. The molecule has 4 nitrogen and oxygen atoms in total. The molecule has 0 aliphatic carbocycles. The number of benzene rings is 1. The molecule has 0 aliphatic heterocycles. The lowest BCUT2D eigenvalue weighted by atomic mass is 10.0. The lowest BCUT2D eigenvalue weighted by Crippen LogP contribution is -2.38. The molecular weight excluding hydrogens is 306 g/mol. The maximum absolute atomic E-state index is 13.5. The van der Waals surface area contributed by atoms with E-state index in [4.69, 9.17) is 4.42 Å². The van der Waals surface area contributed by atoms with Gasteiger partial charge in [0.25, 0.3) is 5.91 Å². The molecule has 0 radical (unpaired) electrons. The van der Waals surface area contributed by atoms with Crippen LogP contribution >= 0.6 is 0 Å². The van der Waals surface area contributed by atoms with E-state index in [0.717, 1.165) is 0 Å². The van der Waals surface area contributed by atoms with Gasteiger partial charge in [0.1, 0.15) is 11.4 Å². The molecule has 8 heteroatoms. The van der Waals surface area contributed by atoms with E-state index >= 15 is 0 Å². The van der Waals surface area contributed by atoms with Gasteiger partial charge in [0, 0.05) is 0 Å². The van der Waals surface area contributed by atoms with E-state index in [1.54, 1.807) is 0 Å². The van der Waals surface area contributed by atoms with Crippen LogP contribution in [0.4, 0.5) is 17.6 Å². The first-order valence-corrected chi connectivity index (χ1v) is 6.11. The molecule has 1 heterocycles. The maximum Gasteiger partial charge on any atom is 0.254 e. The minimum atomic E-state index is -2.08. The average molecular weight is 317 g/mol. The number of hydrogen-bond acceptors (Lipinski definition) is 3. The molecule has 2 aromatic rings. The number of carbonyl (C=O) groups is 1. The fourth-order valence-corrected chi connectivity index (χ4v) is 1.76. The van der Waals surface area contributed by atoms with E-state index in [9.17, 15) is 27.5 Å². The third-order valence-corrected chi connectivity index (χ3v) is 2.99. The van der Waals surface area contributed by atoms with Crippen molar-refractivity contribution in [3.8, 4) is 0 Å². The van der Waals surface area contributed by atoms with Crippen LogP contribution in [0.1, 0.15) is 23.0 Å². The molecular formula is C14H11F4NO3. The number of aliphatic hydroxyl groups is 1. The molecule has 0 aliphatic rings. The minimum Gasteiger partial charge on any atom is -0.466 e. The lowest BCUT2D eigenvalue weighted by Gasteiger charge is -2.21. The second-order valence-corrected chi connectivity index (χ2v) is 4.78. The number of rotatable bonds is 4. The molecule has 1 amide bonds. The summed E-state index contributed by atoms with van der Waals surface area (Å²) in [7, 11) is 0. The zero-order valence-electron chi connectivity index (χ0n) is 11.3. The first-order chi connectivity index (χ1) is 10.2. The van der Waals surface area contributed by atoms with Gasteiger partial charge in [-0.05, 0) is 25.1 Å². The Bertz CT molecular complexity index is 699. The van der Waals surface area contributed by atoms with E-state index in [-0.39, 0.29) is 11.8 Å². The zero-order chi connectivity index (χ0) is 16.5. The van der Waals surface area contributed by atoms with Gasteiger partial charge in [-0.3, -0.25) is 4.79 Å². The number of amides is 1. The summed E-state index contributed by atoms with van der Waals surface area (Å²) in [5, 5.41) is 12.2. The molecule has 118 valence electrons. The number of carbonyl (C=O) groups excluding carboxylic acids is 1. The number of halogens is 4. The Morgan fingerprint density at radius 3 is 2.55 bits per heavy atom. The van der Waals surface area contributed by atoms with Gasteiger partial charge in [-0.25, -0.2) is 17.6 Å². The molecule has 0 saturated carbocycles. The normalized spacial score (nSPS) is 13.7. The Morgan fingerprint density at radius 1 is 1.27 bits per heavy atom. The van der Waals surface area contributed by atoms with Crippen LogP contribution in [-0.4, -0.2) is 17.6 Å². The van der Waals surface area contributed by atoms with Crippen molar-refractivity contribution in [1.82, 2.24) is 5.32 Å². The highest BCUT2D eigenvalue weighted by atomic mass is 19.2. The van der Waals surface area contributed by atoms with Gasteiger partial charge in [-0.2, -0.15) is 0 Å². The Balaban J connectivity index is 2.17. The quantitative estimate of drug-likeness (QED) is 0.517. The van der Waals surface area contributed by atoms with Gasteiger partial charge in [0.05, 0.1) is 18.4 Å². The summed E-state index contributed by atoms with van der Waals surface area (Å²) >= 11 is 0. The second kappa shape index (κ2) is 5.80. The third-order valence-electron chi connectivity index (χ3n) is 2.99. The van der Waals surface area contributed by atoms with E-state index in [0.29, 0.717) is 0 Å². The SMILES string of the molecule is CC(O)(CNC(=O)c1cc(F)c(F)c(F)c1F)c1ccco1. The highest BCUT2D eigenvalue weighted by Crippen LogP contribution is 2.21. The van der Waals surface area contributed by atoms with E-state index in [2.05, 4.69) is 5.32 Å². The summed E-state index contributed by atoms with van der Waals surface area (Å²) < 4.78 is 57.4. The predicted octanol–water partition coefficient (Wildman–Crippen LogP) is 2.47. The Labute approximate surface area is 122 Å². The van der Waals surface area contributed by atoms with Crippen LogP contribution in [0.3, 0.4) is 0 Å². The van der Waals surface area contributed by atoms with E-state index in [1.165, 1.54) is 25.3 Å². The van der Waals surface area contributed by atoms with Crippen LogP contribution in [0.2, 0.25) is 0 Å². The molecule has 0 bridgehead atoms. The number of hydrogen-bond donors (Lipinski definition) is 2. The van der Waals surface area contributed by atoms with Crippen molar-refractivity contribution in [2.45, 2.75) is 12.5 Å². The monoisotopic (exact) mass is 317 g/mol. The molecule has 22 heavy (non-hydrogen) atoms. The van der Waals surface area contributed by atoms with Crippen molar-refractivity contribution >= 4 is 5.91 Å². The molecule has 2 rings (SSSR count). The minimum absolute atomic E-state index is 0.129. The molecule has 2 N–H and O–H groups in total. The Morgan fingerprint density at radius 2 is 1.95 bits per heavy atom. The molecule has 1 aromatic carbocycles. The highest BCUT2D eigenvalue weighted by Gasteiger charge is 2.29. The van der Waals surface area contributed by atoms with Gasteiger partial charge in [-0.15, -0.1) is 0 Å². The summed E-state index contributed by atoms with van der Waals surface area (Å²) in [6.07, 6.45) is 1.30. The van der Waals surface area contributed by atoms with Crippen molar-refractivity contribution in [3.05, 3.63) is 59.1 Å². The van der Waals surface area contributed by atoms with Crippen LogP contribution in [-0.2, 0) is 5.60 Å². The summed E-state index contributed by atoms with van der Waals surface area (Å²) in [5.41, 5.74) is -2.63. The van der Waals surface area contributed by atoms with Crippen LogP contribution in [0, 0.1) is 23.3 Å². The topological polar surface area (TPSA) is 62.5 Å². The third kappa shape index (κ3) is 2.96. The van der Waals surface area contributed by atoms with Crippen molar-refractivity contribution in [1.29, 1.82) is 0 Å². The number of furan rings is 1. The molecule has 0 fully saturated rings. The van der Waals surface area contributed by atoms with Crippen molar-refractivity contribution in [2.24, 2.45) is 0 Å². The van der Waals surface area contributed by atoms with Crippen LogP contribution in [0.5, 0.6) is 0 Å². The van der Waals surface area contributed by atoms with E-state index < -0.39 is 46.9 Å². The molecule has 1 atom stereocenters. The first kappa shape index (κ1) is 16.0. The predicted molar refractivity (Wildman–Crippen MR) is 66.9 cm³/mol. The molecule has 1 aromatic heterocycles. The summed E-state index contributed by atoms with van der Waals surface area (Å²) in [6.45, 7) is 0.897. The van der Waals surface area contributed by atoms with Gasteiger partial charge in [0.15, 0.2) is 23.3 Å².